The van der Waals surface area contributed by atoms with Crippen molar-refractivity contribution in [2.24, 2.45) is 0 Å². The molecule has 0 aliphatic rings. The van der Waals surface area contributed by atoms with Crippen molar-refractivity contribution in [2.45, 2.75) is 13.8 Å². The number of nitrogens with zero attached hydrogens (tertiary/aromatic N) is 4. The fourth-order valence-electron chi connectivity index (χ4n) is 2.77. The van der Waals surface area contributed by atoms with Gasteiger partial charge < -0.3 is 15.4 Å². The third-order valence-corrected chi connectivity index (χ3v) is 5.38. The van der Waals surface area contributed by atoms with Crippen LogP contribution in [0.3, 0.4) is 0 Å². The zero-order valence-corrected chi connectivity index (χ0v) is 19.3. The number of aryl methyl sites for hydroxylation is 2. The number of hydrogen-bond donors (Lipinski definition) is 2. The van der Waals surface area contributed by atoms with Crippen molar-refractivity contribution >= 4 is 58.1 Å². The topological polar surface area (TPSA) is 84.9 Å². The number of ether oxygens (including phenoxy) is 1. The molecule has 0 unspecified atom stereocenters. The molecule has 2 aromatic carbocycles. The summed E-state index contributed by atoms with van der Waals surface area (Å²) in [6, 6.07) is 16.9. The number of halogens is 3. The molecule has 162 valence electrons. The number of anilines is 4. The van der Waals surface area contributed by atoms with E-state index in [2.05, 4.69) is 30.6 Å². The summed E-state index contributed by atoms with van der Waals surface area (Å²) in [5.74, 6) is 0.573. The summed E-state index contributed by atoms with van der Waals surface area (Å²) in [5, 5.41) is 6.82. The Hall–Kier alpha value is -3.13. The molecule has 0 bridgehead atoms. The smallest absolute Gasteiger partial charge is 0.330 e. The lowest BCUT2D eigenvalue weighted by molar-refractivity contribution is 0.425. The average molecular weight is 488 g/mol. The fraction of sp³-hybridized carbons (Fsp3) is 0.0909. The van der Waals surface area contributed by atoms with Crippen LogP contribution < -0.4 is 15.4 Å². The summed E-state index contributed by atoms with van der Waals surface area (Å²) in [6.07, 6.45) is 0. The molecule has 32 heavy (non-hydrogen) atoms. The first-order valence-electron chi connectivity index (χ1n) is 9.50. The lowest BCUT2D eigenvalue weighted by Gasteiger charge is -2.13. The van der Waals surface area contributed by atoms with Crippen molar-refractivity contribution in [1.29, 1.82) is 0 Å². The normalized spacial score (nSPS) is 10.7. The van der Waals surface area contributed by atoms with Gasteiger partial charge in [-0.1, -0.05) is 71.2 Å². The second-order valence-corrected chi connectivity index (χ2v) is 7.97. The molecule has 0 fully saturated rings. The van der Waals surface area contributed by atoms with Gasteiger partial charge in [-0.15, -0.1) is 0 Å². The van der Waals surface area contributed by atoms with Gasteiger partial charge in [-0.25, -0.2) is 0 Å². The van der Waals surface area contributed by atoms with Crippen LogP contribution in [0.1, 0.15) is 11.1 Å². The van der Waals surface area contributed by atoms with Crippen LogP contribution in [0.25, 0.3) is 0 Å². The quantitative estimate of drug-likeness (QED) is 0.280. The summed E-state index contributed by atoms with van der Waals surface area (Å²) in [4.78, 5) is 17.2. The lowest BCUT2D eigenvalue weighted by Crippen LogP contribution is -2.07. The average Bonchev–Trinajstić information content (AvgIpc) is 2.75. The molecule has 0 spiro atoms. The second kappa shape index (κ2) is 9.56. The molecule has 2 aromatic heterocycles. The third kappa shape index (κ3) is 5.19. The number of hydrogen-bond acceptors (Lipinski definition) is 7. The van der Waals surface area contributed by atoms with E-state index in [0.29, 0.717) is 0 Å². The van der Waals surface area contributed by atoms with Crippen LogP contribution in [0.5, 0.6) is 11.9 Å². The van der Waals surface area contributed by atoms with Crippen LogP contribution in [-0.2, 0) is 0 Å². The number of pyridine rings is 1. The Morgan fingerprint density at radius 1 is 0.688 bits per heavy atom. The summed E-state index contributed by atoms with van der Waals surface area (Å²) >= 11 is 18.2. The Bertz CT molecular complexity index is 1220. The number of nitrogens with one attached hydrogen (secondary N) is 2. The van der Waals surface area contributed by atoms with E-state index in [1.807, 2.05) is 62.4 Å². The van der Waals surface area contributed by atoms with Gasteiger partial charge in [0.1, 0.15) is 5.02 Å². The van der Waals surface area contributed by atoms with Crippen molar-refractivity contribution < 1.29 is 4.74 Å². The van der Waals surface area contributed by atoms with Gasteiger partial charge in [0.15, 0.2) is 5.15 Å². The summed E-state index contributed by atoms with van der Waals surface area (Å²) in [6.45, 7) is 3.96. The van der Waals surface area contributed by atoms with Crippen LogP contribution >= 0.6 is 34.8 Å². The molecule has 7 nitrogen and oxygen atoms in total. The van der Waals surface area contributed by atoms with Crippen molar-refractivity contribution in [3.63, 3.8) is 0 Å². The van der Waals surface area contributed by atoms with Crippen LogP contribution in [0.2, 0.25) is 15.2 Å². The highest BCUT2D eigenvalue weighted by atomic mass is 35.5. The molecule has 0 aliphatic heterocycles. The van der Waals surface area contributed by atoms with Crippen LogP contribution in [0.15, 0.2) is 54.6 Å². The van der Waals surface area contributed by atoms with Gasteiger partial charge in [-0.2, -0.15) is 19.9 Å². The van der Waals surface area contributed by atoms with Gasteiger partial charge >= 0.3 is 6.01 Å². The van der Waals surface area contributed by atoms with E-state index in [0.717, 1.165) is 22.5 Å². The van der Waals surface area contributed by atoms with E-state index >= 15 is 0 Å². The molecule has 4 rings (SSSR count). The van der Waals surface area contributed by atoms with E-state index < -0.39 is 0 Å². The molecule has 0 saturated heterocycles. The maximum absolute atomic E-state index is 6.20. The first-order valence-corrected chi connectivity index (χ1v) is 10.6. The van der Waals surface area contributed by atoms with E-state index in [4.69, 9.17) is 39.5 Å². The predicted octanol–water partition coefficient (Wildman–Crippen LogP) is 7.12. The Balaban J connectivity index is 1.72. The van der Waals surface area contributed by atoms with E-state index in [1.54, 1.807) is 0 Å². The first kappa shape index (κ1) is 22.1. The van der Waals surface area contributed by atoms with Gasteiger partial charge in [0.2, 0.25) is 17.8 Å². The molecular weight excluding hydrogens is 471 g/mol. The zero-order chi connectivity index (χ0) is 22.7. The minimum atomic E-state index is -0.0278. The molecule has 0 atom stereocenters. The minimum Gasteiger partial charge on any atom is -0.403 e. The van der Waals surface area contributed by atoms with Gasteiger partial charge in [0.25, 0.3) is 0 Å². The van der Waals surface area contributed by atoms with E-state index in [-0.39, 0.29) is 39.0 Å². The fourth-order valence-corrected chi connectivity index (χ4v) is 3.30. The number of para-hydroxylation sites is 2. The Morgan fingerprint density at radius 3 is 1.75 bits per heavy atom. The van der Waals surface area contributed by atoms with Gasteiger partial charge in [-0.3, -0.25) is 0 Å². The Morgan fingerprint density at radius 2 is 1.22 bits per heavy atom. The SMILES string of the molecule is Cc1ccccc1Nc1nc(Nc2ccccc2C)nc(Oc2nc(Cl)c(Cl)cc2Cl)n1. The summed E-state index contributed by atoms with van der Waals surface area (Å²) in [7, 11) is 0. The second-order valence-electron chi connectivity index (χ2n) is 6.80. The molecule has 0 radical (unpaired) electrons. The van der Waals surface area contributed by atoms with Crippen molar-refractivity contribution in [3.8, 4) is 11.9 Å². The molecule has 2 N–H and O–H groups in total. The molecule has 10 heteroatoms. The molecular formula is C22H17Cl3N6O. The van der Waals surface area contributed by atoms with Crippen LogP contribution in [-0.4, -0.2) is 19.9 Å². The summed E-state index contributed by atoms with van der Waals surface area (Å²) in [5.41, 5.74) is 3.74. The molecule has 4 aromatic rings. The highest BCUT2D eigenvalue weighted by Gasteiger charge is 2.15. The van der Waals surface area contributed by atoms with E-state index in [1.165, 1.54) is 6.07 Å². The number of aromatic nitrogens is 4. The highest BCUT2D eigenvalue weighted by molar-refractivity contribution is 6.42. The maximum atomic E-state index is 6.20. The molecule has 0 saturated carbocycles. The maximum Gasteiger partial charge on any atom is 0.330 e. The largest absolute Gasteiger partial charge is 0.403 e. The third-order valence-electron chi connectivity index (χ3n) is 4.44. The number of rotatable bonds is 6. The van der Waals surface area contributed by atoms with Crippen LogP contribution in [0.4, 0.5) is 23.3 Å². The Labute approximate surface area is 199 Å². The lowest BCUT2D eigenvalue weighted by atomic mass is 10.2. The van der Waals surface area contributed by atoms with Gasteiger partial charge in [0, 0.05) is 11.4 Å². The van der Waals surface area contributed by atoms with Crippen molar-refractivity contribution in [1.82, 2.24) is 19.9 Å². The van der Waals surface area contributed by atoms with Gasteiger partial charge in [-0.05, 0) is 43.2 Å². The van der Waals surface area contributed by atoms with Crippen molar-refractivity contribution in [3.05, 3.63) is 80.9 Å². The zero-order valence-electron chi connectivity index (χ0n) is 17.0. The standard InChI is InChI=1S/C22H17Cl3N6O/c1-12-7-3-5-9-16(12)26-20-29-21(27-17-10-6-4-8-13(17)2)31-22(30-20)32-19-15(24)11-14(23)18(25)28-19/h3-11H,1-2H3,(H2,26,27,29,30,31). The monoisotopic (exact) mass is 486 g/mol. The molecule has 0 amide bonds. The van der Waals surface area contributed by atoms with Gasteiger partial charge in [0.05, 0.1) is 5.02 Å². The molecule has 0 aliphatic carbocycles. The predicted molar refractivity (Wildman–Crippen MR) is 128 cm³/mol. The minimum absolute atomic E-state index is 0.0240. The first-order chi connectivity index (χ1) is 15.4. The van der Waals surface area contributed by atoms with Crippen LogP contribution in [0, 0.1) is 13.8 Å². The van der Waals surface area contributed by atoms with Crippen molar-refractivity contribution in [2.75, 3.05) is 10.6 Å². The Kier molecular flexibility index (Phi) is 6.60. The summed E-state index contributed by atoms with van der Waals surface area (Å²) < 4.78 is 5.73. The number of benzene rings is 2. The highest BCUT2D eigenvalue weighted by Crippen LogP contribution is 2.33. The van der Waals surface area contributed by atoms with E-state index in [9.17, 15) is 0 Å². The molecule has 2 heterocycles.